The van der Waals surface area contributed by atoms with Crippen molar-refractivity contribution < 1.29 is 14.7 Å². The Morgan fingerprint density at radius 3 is 1.94 bits per heavy atom. The number of fused-ring (bicyclic) bond motifs is 2. The lowest BCUT2D eigenvalue weighted by molar-refractivity contribution is -0.133. The van der Waals surface area contributed by atoms with Crippen molar-refractivity contribution in [3.63, 3.8) is 0 Å². The fraction of sp³-hybridized carbons (Fsp3) is 0.448. The second-order valence-corrected chi connectivity index (χ2v) is 10.5. The van der Waals surface area contributed by atoms with Gasteiger partial charge in [-0.1, -0.05) is 74.9 Å². The molecule has 1 saturated heterocycles. The number of nitrogens with zero attached hydrogens (tertiary/aromatic N) is 1. The number of carbonyl (C=O) groups is 2. The summed E-state index contributed by atoms with van der Waals surface area (Å²) < 4.78 is 0. The first-order chi connectivity index (χ1) is 16.3. The molecule has 1 atom stereocenters. The van der Waals surface area contributed by atoms with Crippen molar-refractivity contribution in [2.24, 2.45) is 5.41 Å². The van der Waals surface area contributed by atoms with Gasteiger partial charge in [-0.15, -0.1) is 0 Å². The highest BCUT2D eigenvalue weighted by Gasteiger charge is 2.28. The Bertz CT molecular complexity index is 1040. The summed E-state index contributed by atoms with van der Waals surface area (Å²) in [7, 11) is 0. The summed E-state index contributed by atoms with van der Waals surface area (Å²) in [4.78, 5) is 27.1. The number of aliphatic hydroxyl groups is 1. The molecule has 0 aromatic heterocycles. The minimum Gasteiger partial charge on any atom is -0.394 e. The Labute approximate surface area is 202 Å². The third-order valence-corrected chi connectivity index (χ3v) is 6.97. The fourth-order valence-corrected chi connectivity index (χ4v) is 4.94. The second-order valence-electron chi connectivity index (χ2n) is 10.5. The van der Waals surface area contributed by atoms with Gasteiger partial charge in [0.1, 0.15) is 0 Å². The van der Waals surface area contributed by atoms with Gasteiger partial charge in [0.05, 0.1) is 12.6 Å². The van der Waals surface area contributed by atoms with Crippen LogP contribution in [0, 0.1) is 5.41 Å². The molecule has 1 heterocycles. The molecular formula is C29H36N2O3. The normalized spacial score (nSPS) is 16.9. The van der Waals surface area contributed by atoms with Crippen molar-refractivity contribution in [3.05, 3.63) is 76.4 Å². The first kappa shape index (κ1) is 24.2. The molecule has 1 unspecified atom stereocenters. The highest BCUT2D eigenvalue weighted by molar-refractivity contribution is 5.87. The van der Waals surface area contributed by atoms with Crippen LogP contribution in [0.1, 0.15) is 62.3 Å². The molecule has 5 heteroatoms. The SMILES string of the molecule is CC(C)(C)C(=O)NC(CO)CC(=O)N1CCC(=C2c3ccccc3CCc3ccccc32)CC1. The van der Waals surface area contributed by atoms with Gasteiger partial charge in [-0.05, 0) is 53.5 Å². The minimum absolute atomic E-state index is 0.0148. The van der Waals surface area contributed by atoms with E-state index in [-0.39, 0.29) is 24.8 Å². The van der Waals surface area contributed by atoms with Crippen molar-refractivity contribution in [1.82, 2.24) is 10.2 Å². The zero-order valence-electron chi connectivity index (χ0n) is 20.6. The smallest absolute Gasteiger partial charge is 0.225 e. The summed E-state index contributed by atoms with van der Waals surface area (Å²) in [5, 5.41) is 12.5. The van der Waals surface area contributed by atoms with Crippen molar-refractivity contribution in [2.45, 2.75) is 58.9 Å². The first-order valence-electron chi connectivity index (χ1n) is 12.4. The first-order valence-corrected chi connectivity index (χ1v) is 12.4. The standard InChI is InChI=1S/C29H36N2O3/c1-29(2,3)28(34)30-23(19-32)18-26(33)31-16-14-22(15-17-31)27-24-10-6-4-8-20(24)12-13-21-9-5-7-11-25(21)27/h4-11,23,32H,12-19H2,1-3H3,(H,30,34). The summed E-state index contributed by atoms with van der Waals surface area (Å²) in [6, 6.07) is 16.9. The van der Waals surface area contributed by atoms with Crippen LogP contribution in [-0.4, -0.2) is 47.6 Å². The lowest BCUT2D eigenvalue weighted by Gasteiger charge is -2.32. The van der Waals surface area contributed by atoms with Crippen LogP contribution in [0.3, 0.4) is 0 Å². The fourth-order valence-electron chi connectivity index (χ4n) is 4.94. The number of likely N-dealkylation sites (tertiary alicyclic amines) is 1. The predicted molar refractivity (Wildman–Crippen MR) is 135 cm³/mol. The number of carbonyl (C=O) groups excluding carboxylic acids is 2. The highest BCUT2D eigenvalue weighted by atomic mass is 16.3. The number of hydrogen-bond donors (Lipinski definition) is 2. The van der Waals surface area contributed by atoms with Crippen LogP contribution in [0.25, 0.3) is 5.57 Å². The summed E-state index contributed by atoms with van der Waals surface area (Å²) in [5.74, 6) is -0.172. The molecule has 180 valence electrons. The van der Waals surface area contributed by atoms with E-state index in [2.05, 4.69) is 53.8 Å². The van der Waals surface area contributed by atoms with E-state index in [9.17, 15) is 14.7 Å². The second kappa shape index (κ2) is 10.1. The van der Waals surface area contributed by atoms with Gasteiger partial charge in [-0.3, -0.25) is 9.59 Å². The van der Waals surface area contributed by atoms with Crippen LogP contribution < -0.4 is 5.32 Å². The van der Waals surface area contributed by atoms with Gasteiger partial charge in [0.2, 0.25) is 11.8 Å². The van der Waals surface area contributed by atoms with Crippen LogP contribution in [-0.2, 0) is 22.4 Å². The number of aryl methyl sites for hydroxylation is 2. The third-order valence-electron chi connectivity index (χ3n) is 6.97. The van der Waals surface area contributed by atoms with E-state index in [1.54, 1.807) is 0 Å². The average Bonchev–Trinajstić information content (AvgIpc) is 3.00. The zero-order chi connectivity index (χ0) is 24.3. The van der Waals surface area contributed by atoms with Crippen LogP contribution in [0.15, 0.2) is 54.1 Å². The average molecular weight is 461 g/mol. The van der Waals surface area contributed by atoms with Gasteiger partial charge in [-0.2, -0.15) is 0 Å². The molecule has 34 heavy (non-hydrogen) atoms. The molecule has 2 aromatic rings. The van der Waals surface area contributed by atoms with E-state index in [1.807, 2.05) is 25.7 Å². The predicted octanol–water partition coefficient (Wildman–Crippen LogP) is 4.12. The maximum Gasteiger partial charge on any atom is 0.225 e. The molecule has 1 fully saturated rings. The molecule has 5 nitrogen and oxygen atoms in total. The topological polar surface area (TPSA) is 69.6 Å². The number of benzene rings is 2. The van der Waals surface area contributed by atoms with Crippen molar-refractivity contribution in [1.29, 1.82) is 0 Å². The van der Waals surface area contributed by atoms with Crippen LogP contribution in [0.5, 0.6) is 0 Å². The molecule has 0 bridgehead atoms. The molecule has 2 aliphatic rings. The van der Waals surface area contributed by atoms with Gasteiger partial charge in [0.25, 0.3) is 0 Å². The van der Waals surface area contributed by atoms with Gasteiger partial charge in [0.15, 0.2) is 0 Å². The van der Waals surface area contributed by atoms with E-state index in [1.165, 1.54) is 33.4 Å². The molecule has 0 radical (unpaired) electrons. The van der Waals surface area contributed by atoms with Crippen molar-refractivity contribution in [3.8, 4) is 0 Å². The van der Waals surface area contributed by atoms with Crippen molar-refractivity contribution in [2.75, 3.05) is 19.7 Å². The van der Waals surface area contributed by atoms with Crippen molar-refractivity contribution >= 4 is 17.4 Å². The third kappa shape index (κ3) is 5.25. The molecule has 2 amide bonds. The van der Waals surface area contributed by atoms with Gasteiger partial charge >= 0.3 is 0 Å². The molecule has 2 aromatic carbocycles. The molecule has 1 aliphatic carbocycles. The number of rotatable bonds is 4. The van der Waals surface area contributed by atoms with E-state index in [0.29, 0.717) is 13.1 Å². The number of aliphatic hydroxyl groups excluding tert-OH is 1. The van der Waals surface area contributed by atoms with Crippen LogP contribution in [0.2, 0.25) is 0 Å². The van der Waals surface area contributed by atoms with Crippen LogP contribution >= 0.6 is 0 Å². The lowest BCUT2D eigenvalue weighted by Crippen LogP contribution is -2.47. The van der Waals surface area contributed by atoms with Gasteiger partial charge in [0, 0.05) is 24.9 Å². The summed E-state index contributed by atoms with van der Waals surface area (Å²) in [6.45, 7) is 6.54. The molecule has 1 aliphatic heterocycles. The number of piperidine rings is 1. The molecule has 2 N–H and O–H groups in total. The number of hydrogen-bond acceptors (Lipinski definition) is 3. The largest absolute Gasteiger partial charge is 0.394 e. The Kier molecular flexibility index (Phi) is 7.22. The monoisotopic (exact) mass is 460 g/mol. The minimum atomic E-state index is -0.562. The Hall–Kier alpha value is -2.92. The lowest BCUT2D eigenvalue weighted by atomic mass is 9.86. The highest BCUT2D eigenvalue weighted by Crippen LogP contribution is 2.38. The summed E-state index contributed by atoms with van der Waals surface area (Å²) in [6.07, 6.45) is 3.87. The summed E-state index contributed by atoms with van der Waals surface area (Å²) in [5.41, 5.74) is 7.63. The van der Waals surface area contributed by atoms with Gasteiger partial charge in [-0.25, -0.2) is 0 Å². The van der Waals surface area contributed by atoms with E-state index < -0.39 is 11.5 Å². The van der Waals surface area contributed by atoms with Crippen LogP contribution in [0.4, 0.5) is 0 Å². The Balaban J connectivity index is 1.51. The molecule has 0 spiro atoms. The molecular weight excluding hydrogens is 424 g/mol. The van der Waals surface area contributed by atoms with E-state index in [0.717, 1.165) is 25.7 Å². The Morgan fingerprint density at radius 1 is 0.912 bits per heavy atom. The summed E-state index contributed by atoms with van der Waals surface area (Å²) >= 11 is 0. The van der Waals surface area contributed by atoms with E-state index in [4.69, 9.17) is 0 Å². The van der Waals surface area contributed by atoms with E-state index >= 15 is 0 Å². The number of nitrogens with one attached hydrogen (secondary N) is 1. The molecule has 4 rings (SSSR count). The zero-order valence-corrected chi connectivity index (χ0v) is 20.6. The quantitative estimate of drug-likeness (QED) is 0.721. The Morgan fingerprint density at radius 2 is 1.44 bits per heavy atom. The maximum atomic E-state index is 13.0. The molecule has 0 saturated carbocycles. The number of amides is 2. The van der Waals surface area contributed by atoms with Gasteiger partial charge < -0.3 is 15.3 Å². The maximum absolute atomic E-state index is 13.0.